The van der Waals surface area contributed by atoms with Crippen LogP contribution < -0.4 is 5.32 Å². The van der Waals surface area contributed by atoms with Crippen molar-refractivity contribution in [3.63, 3.8) is 0 Å². The summed E-state index contributed by atoms with van der Waals surface area (Å²) in [5.41, 5.74) is 2.16. The Bertz CT molecular complexity index is 1660. The standard InChI is InChI=1S/C30H21ClF5N3O/c31-21-6-3-18(4-7-21)24-2-1-9-37-29(24)27(12-17-10-22(32)15-23(33)11-17)39-28(40)13-19-16-38-26-8-5-20(14-25(19)26)30(34,35)36/h1-11,14-16,27,38H,12-13H2,(H,39,40)/t27-/m0/s1. The second-order valence-corrected chi connectivity index (χ2v) is 9.73. The molecule has 4 nitrogen and oxygen atoms in total. The monoisotopic (exact) mass is 569 g/mol. The van der Waals surface area contributed by atoms with Crippen molar-refractivity contribution in [1.82, 2.24) is 15.3 Å². The zero-order chi connectivity index (χ0) is 28.4. The number of aromatic amines is 1. The number of aromatic nitrogens is 2. The van der Waals surface area contributed by atoms with Gasteiger partial charge in [0.25, 0.3) is 0 Å². The van der Waals surface area contributed by atoms with Crippen LogP contribution in [0.2, 0.25) is 5.02 Å². The first-order valence-corrected chi connectivity index (χ1v) is 12.6. The molecule has 5 rings (SSSR count). The third-order valence-electron chi connectivity index (χ3n) is 6.47. The van der Waals surface area contributed by atoms with Crippen molar-refractivity contribution in [2.45, 2.75) is 25.1 Å². The molecule has 204 valence electrons. The smallest absolute Gasteiger partial charge is 0.361 e. The van der Waals surface area contributed by atoms with Crippen LogP contribution in [0.1, 0.15) is 28.4 Å². The number of hydrogen-bond acceptors (Lipinski definition) is 2. The molecule has 0 unspecified atom stereocenters. The highest BCUT2D eigenvalue weighted by Gasteiger charge is 2.31. The summed E-state index contributed by atoms with van der Waals surface area (Å²) >= 11 is 6.04. The maximum absolute atomic E-state index is 14.0. The SMILES string of the molecule is O=C(Cc1c[nH]c2ccc(C(F)(F)F)cc12)N[C@@H](Cc1cc(F)cc(F)c1)c1ncccc1-c1ccc(Cl)cc1. The van der Waals surface area contributed by atoms with Crippen LogP contribution in [-0.2, 0) is 23.8 Å². The largest absolute Gasteiger partial charge is 0.416 e. The average molecular weight is 570 g/mol. The van der Waals surface area contributed by atoms with Gasteiger partial charge in [0.2, 0.25) is 5.91 Å². The van der Waals surface area contributed by atoms with Crippen molar-refractivity contribution < 1.29 is 26.7 Å². The first-order chi connectivity index (χ1) is 19.1. The Labute approximate surface area is 230 Å². The number of carbonyl (C=O) groups is 1. The summed E-state index contributed by atoms with van der Waals surface area (Å²) in [5, 5.41) is 3.68. The lowest BCUT2D eigenvalue weighted by Gasteiger charge is -2.22. The lowest BCUT2D eigenvalue weighted by Crippen LogP contribution is -2.32. The first-order valence-electron chi connectivity index (χ1n) is 12.2. The number of H-pyrrole nitrogens is 1. The van der Waals surface area contributed by atoms with E-state index in [2.05, 4.69) is 15.3 Å². The summed E-state index contributed by atoms with van der Waals surface area (Å²) in [6.07, 6.45) is -1.74. The van der Waals surface area contributed by atoms with E-state index in [9.17, 15) is 26.7 Å². The minimum atomic E-state index is -4.53. The summed E-state index contributed by atoms with van der Waals surface area (Å²) in [5.74, 6) is -2.04. The predicted octanol–water partition coefficient (Wildman–Crippen LogP) is 7.82. The van der Waals surface area contributed by atoms with Gasteiger partial charge in [0.15, 0.2) is 0 Å². The highest BCUT2D eigenvalue weighted by atomic mass is 35.5. The molecule has 1 amide bonds. The number of pyridine rings is 1. The summed E-state index contributed by atoms with van der Waals surface area (Å²) in [4.78, 5) is 20.7. The van der Waals surface area contributed by atoms with E-state index in [0.29, 0.717) is 27.4 Å². The Morgan fingerprint density at radius 2 is 1.70 bits per heavy atom. The maximum atomic E-state index is 14.0. The Morgan fingerprint density at radius 1 is 0.975 bits per heavy atom. The van der Waals surface area contributed by atoms with Crippen LogP contribution >= 0.6 is 11.6 Å². The Balaban J connectivity index is 1.49. The van der Waals surface area contributed by atoms with Crippen molar-refractivity contribution in [3.05, 3.63) is 124 Å². The van der Waals surface area contributed by atoms with Crippen LogP contribution in [0.25, 0.3) is 22.0 Å². The molecule has 1 atom stereocenters. The fraction of sp³-hybridized carbons (Fsp3) is 0.133. The van der Waals surface area contributed by atoms with Gasteiger partial charge in [-0.25, -0.2) is 8.78 Å². The van der Waals surface area contributed by atoms with Crippen molar-refractivity contribution in [3.8, 4) is 11.1 Å². The first kappa shape index (κ1) is 27.3. The molecule has 2 heterocycles. The van der Waals surface area contributed by atoms with Crippen molar-refractivity contribution >= 4 is 28.4 Å². The van der Waals surface area contributed by atoms with Gasteiger partial charge in [0.1, 0.15) is 11.6 Å². The van der Waals surface area contributed by atoms with E-state index in [1.165, 1.54) is 24.4 Å². The number of hydrogen-bond donors (Lipinski definition) is 2. The molecule has 10 heteroatoms. The van der Waals surface area contributed by atoms with Crippen LogP contribution in [-0.4, -0.2) is 15.9 Å². The number of fused-ring (bicyclic) bond motifs is 1. The van der Waals surface area contributed by atoms with Crippen molar-refractivity contribution in [2.24, 2.45) is 0 Å². The molecule has 0 saturated heterocycles. The summed E-state index contributed by atoms with van der Waals surface area (Å²) < 4.78 is 67.9. The lowest BCUT2D eigenvalue weighted by molar-refractivity contribution is -0.137. The van der Waals surface area contributed by atoms with Crippen LogP contribution in [0.5, 0.6) is 0 Å². The Kier molecular flexibility index (Phi) is 7.58. The number of rotatable bonds is 7. The quantitative estimate of drug-likeness (QED) is 0.196. The molecule has 0 spiro atoms. The zero-order valence-electron chi connectivity index (χ0n) is 20.7. The second-order valence-electron chi connectivity index (χ2n) is 9.29. The molecule has 40 heavy (non-hydrogen) atoms. The number of alkyl halides is 3. The predicted molar refractivity (Wildman–Crippen MR) is 143 cm³/mol. The minimum absolute atomic E-state index is 0.00410. The second kappa shape index (κ2) is 11.1. The molecule has 0 aliphatic heterocycles. The van der Waals surface area contributed by atoms with E-state index < -0.39 is 35.3 Å². The van der Waals surface area contributed by atoms with E-state index in [1.54, 1.807) is 42.6 Å². The van der Waals surface area contributed by atoms with Gasteiger partial charge in [-0.05, 0) is 71.6 Å². The topological polar surface area (TPSA) is 57.8 Å². The van der Waals surface area contributed by atoms with Gasteiger partial charge >= 0.3 is 6.18 Å². The number of carbonyl (C=O) groups excluding carboxylic acids is 1. The Morgan fingerprint density at radius 3 is 2.40 bits per heavy atom. The van der Waals surface area contributed by atoms with E-state index >= 15 is 0 Å². The summed E-state index contributed by atoms with van der Waals surface area (Å²) in [6.45, 7) is 0. The van der Waals surface area contributed by atoms with Gasteiger partial charge in [-0.1, -0.05) is 29.8 Å². The molecule has 2 N–H and O–H groups in total. The number of halogens is 6. The normalized spacial score (nSPS) is 12.4. The zero-order valence-corrected chi connectivity index (χ0v) is 21.5. The molecule has 0 bridgehead atoms. The molecule has 0 aliphatic carbocycles. The number of nitrogens with zero attached hydrogens (tertiary/aromatic N) is 1. The molecule has 5 aromatic rings. The molecular formula is C30H21ClF5N3O. The van der Waals surface area contributed by atoms with Gasteiger partial charge in [0, 0.05) is 39.9 Å². The molecule has 0 saturated carbocycles. The molecular weight excluding hydrogens is 549 g/mol. The van der Waals surface area contributed by atoms with Crippen LogP contribution in [0, 0.1) is 11.6 Å². The average Bonchev–Trinajstić information content (AvgIpc) is 3.29. The third kappa shape index (κ3) is 6.15. The fourth-order valence-electron chi connectivity index (χ4n) is 4.67. The number of nitrogens with one attached hydrogen (secondary N) is 2. The lowest BCUT2D eigenvalue weighted by atomic mass is 9.95. The van der Waals surface area contributed by atoms with Gasteiger partial charge < -0.3 is 10.3 Å². The highest BCUT2D eigenvalue weighted by Crippen LogP contribution is 2.33. The molecule has 0 aliphatic rings. The van der Waals surface area contributed by atoms with E-state index in [-0.39, 0.29) is 23.8 Å². The highest BCUT2D eigenvalue weighted by molar-refractivity contribution is 6.30. The maximum Gasteiger partial charge on any atom is 0.416 e. The van der Waals surface area contributed by atoms with Crippen molar-refractivity contribution in [2.75, 3.05) is 0 Å². The van der Waals surface area contributed by atoms with Gasteiger partial charge in [-0.15, -0.1) is 0 Å². The van der Waals surface area contributed by atoms with Crippen molar-refractivity contribution in [1.29, 1.82) is 0 Å². The van der Waals surface area contributed by atoms with Gasteiger partial charge in [0.05, 0.1) is 23.7 Å². The molecule has 2 aromatic heterocycles. The summed E-state index contributed by atoms with van der Waals surface area (Å²) in [6, 6.07) is 16.1. The molecule has 0 fully saturated rings. The Hall–Kier alpha value is -4.24. The molecule has 0 radical (unpaired) electrons. The van der Waals surface area contributed by atoms with Gasteiger partial charge in [-0.2, -0.15) is 13.2 Å². The van der Waals surface area contributed by atoms with Crippen LogP contribution in [0.15, 0.2) is 85.2 Å². The van der Waals surface area contributed by atoms with E-state index in [1.807, 2.05) is 0 Å². The number of amides is 1. The summed E-state index contributed by atoms with van der Waals surface area (Å²) in [7, 11) is 0. The van der Waals surface area contributed by atoms with Crippen LogP contribution in [0.3, 0.4) is 0 Å². The van der Waals surface area contributed by atoms with Crippen LogP contribution in [0.4, 0.5) is 22.0 Å². The van der Waals surface area contributed by atoms with E-state index in [0.717, 1.165) is 23.8 Å². The van der Waals surface area contributed by atoms with E-state index in [4.69, 9.17) is 11.6 Å². The number of benzene rings is 3. The van der Waals surface area contributed by atoms with Gasteiger partial charge in [-0.3, -0.25) is 9.78 Å². The fourth-order valence-corrected chi connectivity index (χ4v) is 4.79. The third-order valence-corrected chi connectivity index (χ3v) is 6.72. The minimum Gasteiger partial charge on any atom is -0.361 e. The molecule has 3 aromatic carbocycles.